The number of carbonyl (C=O) groups is 2. The normalized spacial score (nSPS) is 10.9. The van der Waals surface area contributed by atoms with Crippen molar-refractivity contribution in [2.24, 2.45) is 0 Å². The van der Waals surface area contributed by atoms with E-state index in [9.17, 15) is 9.59 Å². The van der Waals surface area contributed by atoms with Gasteiger partial charge in [0.1, 0.15) is 0 Å². The van der Waals surface area contributed by atoms with Gasteiger partial charge in [0.2, 0.25) is 11.8 Å². The highest BCUT2D eigenvalue weighted by molar-refractivity contribution is 5.99. The number of nitriles is 1. The maximum Gasteiger partial charge on any atom is 0.246 e. The summed E-state index contributed by atoms with van der Waals surface area (Å²) in [6.07, 6.45) is 5.59. The van der Waals surface area contributed by atoms with E-state index in [0.29, 0.717) is 13.0 Å². The number of rotatable bonds is 7. The predicted octanol–water partition coefficient (Wildman–Crippen LogP) is 4.28. The first-order chi connectivity index (χ1) is 14.9. The van der Waals surface area contributed by atoms with Gasteiger partial charge in [-0.2, -0.15) is 5.26 Å². The third-order valence-corrected chi connectivity index (χ3v) is 5.33. The van der Waals surface area contributed by atoms with Crippen molar-refractivity contribution in [3.05, 3.63) is 71.4 Å². The summed E-state index contributed by atoms with van der Waals surface area (Å²) in [5.74, 6) is -0.504. The van der Waals surface area contributed by atoms with Crippen LogP contribution in [0.5, 0.6) is 0 Å². The Labute approximate surface area is 182 Å². The second-order valence-corrected chi connectivity index (χ2v) is 7.53. The second-order valence-electron chi connectivity index (χ2n) is 7.53. The number of fused-ring (bicyclic) bond motifs is 1. The average Bonchev–Trinajstić information content (AvgIpc) is 3.11. The highest BCUT2D eigenvalue weighted by Gasteiger charge is 2.13. The minimum absolute atomic E-state index is 0.0412. The van der Waals surface area contributed by atoms with Gasteiger partial charge in [-0.25, -0.2) is 0 Å². The van der Waals surface area contributed by atoms with Crippen LogP contribution in [-0.4, -0.2) is 34.9 Å². The quantitative estimate of drug-likeness (QED) is 0.586. The van der Waals surface area contributed by atoms with Crippen molar-refractivity contribution in [2.45, 2.75) is 26.8 Å². The van der Waals surface area contributed by atoms with Gasteiger partial charge in [0, 0.05) is 48.0 Å². The Kier molecular flexibility index (Phi) is 6.88. The van der Waals surface area contributed by atoms with E-state index in [0.717, 1.165) is 33.3 Å². The monoisotopic (exact) mass is 414 g/mol. The van der Waals surface area contributed by atoms with E-state index in [-0.39, 0.29) is 18.4 Å². The van der Waals surface area contributed by atoms with E-state index < -0.39 is 0 Å². The SMILES string of the molecule is Cc1cccc(NC(=O)CN(C)C(=O)/C=C/c2cn(CCC#N)c3ccccc23)c1C. The number of amides is 2. The number of carbonyl (C=O) groups excluding carboxylic acids is 2. The van der Waals surface area contributed by atoms with Crippen molar-refractivity contribution in [3.8, 4) is 6.07 Å². The molecule has 1 aromatic heterocycles. The fourth-order valence-corrected chi connectivity index (χ4v) is 3.42. The zero-order valence-electron chi connectivity index (χ0n) is 18.1. The number of likely N-dealkylation sites (N-methyl/N-ethyl adjacent to an activating group) is 1. The summed E-state index contributed by atoms with van der Waals surface area (Å²) < 4.78 is 2.02. The molecule has 0 saturated carbocycles. The van der Waals surface area contributed by atoms with Crippen molar-refractivity contribution in [1.82, 2.24) is 9.47 Å². The third-order valence-electron chi connectivity index (χ3n) is 5.33. The number of nitrogens with zero attached hydrogens (tertiary/aromatic N) is 3. The van der Waals surface area contributed by atoms with Crippen molar-refractivity contribution < 1.29 is 9.59 Å². The molecule has 0 atom stereocenters. The molecule has 1 N–H and O–H groups in total. The van der Waals surface area contributed by atoms with Crippen molar-refractivity contribution in [2.75, 3.05) is 18.9 Å². The third kappa shape index (κ3) is 5.20. The van der Waals surface area contributed by atoms with Crippen LogP contribution in [0.1, 0.15) is 23.1 Å². The molecular weight excluding hydrogens is 388 g/mol. The van der Waals surface area contributed by atoms with E-state index >= 15 is 0 Å². The number of aryl methyl sites for hydroxylation is 2. The largest absolute Gasteiger partial charge is 0.346 e. The smallest absolute Gasteiger partial charge is 0.246 e. The Morgan fingerprint density at radius 3 is 2.71 bits per heavy atom. The highest BCUT2D eigenvalue weighted by Crippen LogP contribution is 2.23. The van der Waals surface area contributed by atoms with Crippen molar-refractivity contribution in [3.63, 3.8) is 0 Å². The van der Waals surface area contributed by atoms with Crippen molar-refractivity contribution in [1.29, 1.82) is 5.26 Å². The highest BCUT2D eigenvalue weighted by atomic mass is 16.2. The number of hydrogen-bond acceptors (Lipinski definition) is 3. The van der Waals surface area contributed by atoms with Crippen LogP contribution in [0.2, 0.25) is 0 Å². The van der Waals surface area contributed by atoms with Crippen LogP contribution in [0.3, 0.4) is 0 Å². The topological polar surface area (TPSA) is 78.1 Å². The van der Waals surface area contributed by atoms with Crippen LogP contribution in [0.4, 0.5) is 5.69 Å². The summed E-state index contributed by atoms with van der Waals surface area (Å²) in [6, 6.07) is 15.8. The van der Waals surface area contributed by atoms with Gasteiger partial charge in [-0.1, -0.05) is 30.3 Å². The summed E-state index contributed by atoms with van der Waals surface area (Å²) >= 11 is 0. The molecule has 0 bridgehead atoms. The van der Waals surface area contributed by atoms with E-state index in [2.05, 4.69) is 11.4 Å². The number of aromatic nitrogens is 1. The Morgan fingerprint density at radius 2 is 1.94 bits per heavy atom. The average molecular weight is 415 g/mol. The zero-order chi connectivity index (χ0) is 22.4. The molecule has 1 heterocycles. The molecule has 6 heteroatoms. The van der Waals surface area contributed by atoms with Crippen LogP contribution in [-0.2, 0) is 16.1 Å². The van der Waals surface area contributed by atoms with Gasteiger partial charge in [0.25, 0.3) is 0 Å². The Morgan fingerprint density at radius 1 is 1.16 bits per heavy atom. The van der Waals surface area contributed by atoms with Crippen LogP contribution in [0.15, 0.2) is 54.7 Å². The maximum atomic E-state index is 12.5. The lowest BCUT2D eigenvalue weighted by Crippen LogP contribution is -2.34. The van der Waals surface area contributed by atoms with E-state index in [1.807, 2.05) is 67.1 Å². The summed E-state index contributed by atoms with van der Waals surface area (Å²) in [5, 5.41) is 12.8. The first-order valence-corrected chi connectivity index (χ1v) is 10.1. The lowest BCUT2D eigenvalue weighted by atomic mass is 10.1. The Balaban J connectivity index is 1.67. The number of para-hydroxylation sites is 1. The van der Waals surface area contributed by atoms with Gasteiger partial charge in [0.15, 0.2) is 0 Å². The minimum atomic E-state index is -0.259. The molecule has 2 amide bonds. The van der Waals surface area contributed by atoms with Gasteiger partial charge < -0.3 is 14.8 Å². The van der Waals surface area contributed by atoms with Crippen LogP contribution >= 0.6 is 0 Å². The number of benzene rings is 2. The lowest BCUT2D eigenvalue weighted by molar-refractivity contribution is -0.129. The fourth-order valence-electron chi connectivity index (χ4n) is 3.42. The molecule has 0 aliphatic heterocycles. The molecule has 0 radical (unpaired) electrons. The summed E-state index contributed by atoms with van der Waals surface area (Å²) in [6.45, 7) is 4.50. The van der Waals surface area contributed by atoms with Gasteiger partial charge in [-0.3, -0.25) is 9.59 Å². The maximum absolute atomic E-state index is 12.5. The van der Waals surface area contributed by atoms with Gasteiger partial charge >= 0.3 is 0 Å². The Bertz CT molecular complexity index is 1180. The molecule has 2 aromatic carbocycles. The van der Waals surface area contributed by atoms with E-state index in [1.165, 1.54) is 11.0 Å². The number of anilines is 1. The molecular formula is C25H26N4O2. The zero-order valence-corrected chi connectivity index (χ0v) is 18.1. The molecule has 0 spiro atoms. The molecule has 3 rings (SSSR count). The van der Waals surface area contributed by atoms with E-state index in [1.54, 1.807) is 13.1 Å². The lowest BCUT2D eigenvalue weighted by Gasteiger charge is -2.16. The molecule has 6 nitrogen and oxygen atoms in total. The number of nitrogens with one attached hydrogen (secondary N) is 1. The van der Waals surface area contributed by atoms with Gasteiger partial charge in [-0.15, -0.1) is 0 Å². The van der Waals surface area contributed by atoms with Crippen LogP contribution in [0, 0.1) is 25.2 Å². The van der Waals surface area contributed by atoms with Crippen molar-refractivity contribution >= 4 is 34.5 Å². The molecule has 0 aliphatic carbocycles. The molecule has 31 heavy (non-hydrogen) atoms. The molecule has 0 aliphatic rings. The second kappa shape index (κ2) is 9.77. The molecule has 158 valence electrons. The molecule has 0 fully saturated rings. The first kappa shape index (κ1) is 21.8. The Hall–Kier alpha value is -3.85. The minimum Gasteiger partial charge on any atom is -0.346 e. The van der Waals surface area contributed by atoms with Gasteiger partial charge in [0.05, 0.1) is 19.0 Å². The van der Waals surface area contributed by atoms with Crippen LogP contribution in [0.25, 0.3) is 17.0 Å². The van der Waals surface area contributed by atoms with E-state index in [4.69, 9.17) is 5.26 Å². The fraction of sp³-hybridized carbons (Fsp3) is 0.240. The summed E-state index contributed by atoms with van der Waals surface area (Å²) in [5.41, 5.74) is 4.78. The number of hydrogen-bond donors (Lipinski definition) is 1. The molecule has 0 saturated heterocycles. The first-order valence-electron chi connectivity index (χ1n) is 10.1. The van der Waals surface area contributed by atoms with Crippen LogP contribution < -0.4 is 5.32 Å². The molecule has 0 unspecified atom stereocenters. The molecule has 3 aromatic rings. The predicted molar refractivity (Wildman–Crippen MR) is 123 cm³/mol. The summed E-state index contributed by atoms with van der Waals surface area (Å²) in [7, 11) is 1.60. The summed E-state index contributed by atoms with van der Waals surface area (Å²) in [4.78, 5) is 26.3. The standard InChI is InChI=1S/C25H26N4O2/c1-18-8-6-10-22(19(18)2)27-24(30)17-28(3)25(31)13-12-20-16-29(15-7-14-26)23-11-5-4-9-21(20)23/h4-6,8-13,16H,7,15,17H2,1-3H3,(H,27,30)/b13-12+. The van der Waals surface area contributed by atoms with Gasteiger partial charge in [-0.05, 0) is 43.2 Å².